The molecule has 3 aromatic rings. The fourth-order valence-electron chi connectivity index (χ4n) is 1.38. The molecular weight excluding hydrogens is 242 g/mol. The molecule has 0 atom stereocenters. The molecule has 17 heavy (non-hydrogen) atoms. The highest BCUT2D eigenvalue weighted by Gasteiger charge is 2.14. The molecule has 0 bridgehead atoms. The summed E-state index contributed by atoms with van der Waals surface area (Å²) in [5.74, 6) is 1.24. The van der Waals surface area contributed by atoms with Gasteiger partial charge >= 0.3 is 0 Å². The zero-order chi connectivity index (χ0) is 11.7. The third-order valence-corrected chi connectivity index (χ3v) is 2.46. The van der Waals surface area contributed by atoms with Gasteiger partial charge in [-0.2, -0.15) is 4.98 Å². The van der Waals surface area contributed by atoms with E-state index in [0.717, 1.165) is 0 Å². The van der Waals surface area contributed by atoms with Gasteiger partial charge in [-0.15, -0.1) is 0 Å². The van der Waals surface area contributed by atoms with Crippen molar-refractivity contribution in [1.29, 1.82) is 0 Å². The van der Waals surface area contributed by atoms with E-state index in [9.17, 15) is 0 Å². The predicted molar refractivity (Wildman–Crippen MR) is 60.2 cm³/mol. The van der Waals surface area contributed by atoms with Crippen LogP contribution in [-0.4, -0.2) is 15.1 Å². The molecule has 0 amide bonds. The Balaban J connectivity index is 2.04. The van der Waals surface area contributed by atoms with Crippen molar-refractivity contribution in [2.75, 3.05) is 0 Å². The van der Waals surface area contributed by atoms with Gasteiger partial charge in [0.1, 0.15) is 5.15 Å². The summed E-state index contributed by atoms with van der Waals surface area (Å²) in [5, 5.41) is 4.13. The van der Waals surface area contributed by atoms with Gasteiger partial charge in [0.25, 0.3) is 5.89 Å². The average Bonchev–Trinajstić information content (AvgIpc) is 3.00. The Bertz CT molecular complexity index is 634. The first kappa shape index (κ1) is 10.0. The predicted octanol–water partition coefficient (Wildman–Crippen LogP) is 3.05. The highest BCUT2D eigenvalue weighted by Crippen LogP contribution is 2.26. The number of halogens is 1. The SMILES string of the molecule is Clc1ncccc1-c1nc(-c2ccco2)no1. The number of rotatable bonds is 2. The molecule has 0 N–H and O–H groups in total. The van der Waals surface area contributed by atoms with E-state index in [-0.39, 0.29) is 0 Å². The van der Waals surface area contributed by atoms with Crippen molar-refractivity contribution < 1.29 is 8.94 Å². The Morgan fingerprint density at radius 1 is 1.18 bits per heavy atom. The number of furan rings is 1. The molecule has 6 heteroatoms. The van der Waals surface area contributed by atoms with Crippen LogP contribution in [0.3, 0.4) is 0 Å². The van der Waals surface area contributed by atoms with Crippen LogP contribution in [0.1, 0.15) is 0 Å². The van der Waals surface area contributed by atoms with Gasteiger partial charge in [-0.3, -0.25) is 0 Å². The van der Waals surface area contributed by atoms with Crippen molar-refractivity contribution in [3.05, 3.63) is 41.9 Å². The van der Waals surface area contributed by atoms with Crippen molar-refractivity contribution in [1.82, 2.24) is 15.1 Å². The molecule has 0 aliphatic heterocycles. The lowest BCUT2D eigenvalue weighted by Crippen LogP contribution is -1.82. The Morgan fingerprint density at radius 3 is 2.88 bits per heavy atom. The van der Waals surface area contributed by atoms with E-state index >= 15 is 0 Å². The van der Waals surface area contributed by atoms with E-state index in [2.05, 4.69) is 15.1 Å². The van der Waals surface area contributed by atoms with E-state index in [4.69, 9.17) is 20.5 Å². The van der Waals surface area contributed by atoms with E-state index < -0.39 is 0 Å². The van der Waals surface area contributed by atoms with Gasteiger partial charge in [0.2, 0.25) is 5.82 Å². The van der Waals surface area contributed by atoms with E-state index in [1.165, 1.54) is 0 Å². The van der Waals surface area contributed by atoms with Crippen molar-refractivity contribution in [3.8, 4) is 23.0 Å². The maximum atomic E-state index is 5.93. The Hall–Kier alpha value is -2.14. The molecule has 3 rings (SSSR count). The topological polar surface area (TPSA) is 65.0 Å². The number of hydrogen-bond acceptors (Lipinski definition) is 5. The molecule has 0 aliphatic carbocycles. The Kier molecular flexibility index (Phi) is 2.38. The summed E-state index contributed by atoms with van der Waals surface area (Å²) >= 11 is 5.93. The van der Waals surface area contributed by atoms with Gasteiger partial charge in [0.15, 0.2) is 5.76 Å². The molecule has 3 heterocycles. The molecule has 0 radical (unpaired) electrons. The maximum Gasteiger partial charge on any atom is 0.261 e. The van der Waals surface area contributed by atoms with Crippen LogP contribution in [0.25, 0.3) is 23.0 Å². The van der Waals surface area contributed by atoms with Gasteiger partial charge in [0, 0.05) is 6.20 Å². The first-order valence-electron chi connectivity index (χ1n) is 4.83. The number of nitrogens with zero attached hydrogens (tertiary/aromatic N) is 3. The van der Waals surface area contributed by atoms with Crippen molar-refractivity contribution in [3.63, 3.8) is 0 Å². The summed E-state index contributed by atoms with van der Waals surface area (Å²) in [6.45, 7) is 0. The summed E-state index contributed by atoms with van der Waals surface area (Å²) in [6.07, 6.45) is 3.14. The normalized spacial score (nSPS) is 10.6. The molecule has 0 saturated carbocycles. The standard InChI is InChI=1S/C11H6ClN3O2/c12-9-7(3-1-5-13-9)11-14-10(15-17-11)8-4-2-6-16-8/h1-6H. The minimum absolute atomic E-state index is 0.314. The zero-order valence-corrected chi connectivity index (χ0v) is 9.26. The van der Waals surface area contributed by atoms with Crippen LogP contribution in [0.2, 0.25) is 5.15 Å². The van der Waals surface area contributed by atoms with Crippen molar-refractivity contribution >= 4 is 11.6 Å². The Morgan fingerprint density at radius 2 is 2.12 bits per heavy atom. The van der Waals surface area contributed by atoms with Crippen LogP contribution >= 0.6 is 11.6 Å². The lowest BCUT2D eigenvalue weighted by molar-refractivity contribution is 0.429. The van der Waals surface area contributed by atoms with Crippen LogP contribution in [-0.2, 0) is 0 Å². The molecule has 0 saturated heterocycles. The summed E-state index contributed by atoms with van der Waals surface area (Å²) in [6, 6.07) is 7.01. The van der Waals surface area contributed by atoms with Crippen LogP contribution in [0, 0.1) is 0 Å². The summed E-state index contributed by atoms with van der Waals surface area (Å²) < 4.78 is 10.3. The quantitative estimate of drug-likeness (QED) is 0.651. The third kappa shape index (κ3) is 1.81. The van der Waals surface area contributed by atoms with Crippen molar-refractivity contribution in [2.45, 2.75) is 0 Å². The zero-order valence-electron chi connectivity index (χ0n) is 8.50. The molecule has 3 aromatic heterocycles. The second kappa shape index (κ2) is 4.03. The minimum atomic E-state index is 0.314. The van der Waals surface area contributed by atoms with Gasteiger partial charge in [-0.1, -0.05) is 16.8 Å². The first-order valence-corrected chi connectivity index (χ1v) is 5.21. The fraction of sp³-hybridized carbons (Fsp3) is 0. The molecule has 0 fully saturated rings. The lowest BCUT2D eigenvalue weighted by atomic mass is 10.3. The molecule has 84 valence electrons. The molecule has 0 spiro atoms. The summed E-state index contributed by atoms with van der Waals surface area (Å²) in [7, 11) is 0. The molecule has 0 aromatic carbocycles. The smallest absolute Gasteiger partial charge is 0.261 e. The molecule has 0 unspecified atom stereocenters. The highest BCUT2D eigenvalue weighted by atomic mass is 35.5. The average molecular weight is 248 g/mol. The van der Waals surface area contributed by atoms with E-state index in [1.54, 1.807) is 36.7 Å². The highest BCUT2D eigenvalue weighted by molar-refractivity contribution is 6.31. The Labute approximate surface area is 101 Å². The molecule has 5 nitrogen and oxygen atoms in total. The number of hydrogen-bond donors (Lipinski definition) is 0. The lowest BCUT2D eigenvalue weighted by Gasteiger charge is -1.94. The van der Waals surface area contributed by atoms with Crippen LogP contribution in [0.5, 0.6) is 0 Å². The van der Waals surface area contributed by atoms with Gasteiger partial charge < -0.3 is 8.94 Å². The molecular formula is C11H6ClN3O2. The van der Waals surface area contributed by atoms with Crippen LogP contribution in [0.4, 0.5) is 0 Å². The van der Waals surface area contributed by atoms with E-state index in [1.807, 2.05) is 0 Å². The molecule has 0 aliphatic rings. The minimum Gasteiger partial charge on any atom is -0.461 e. The number of pyridine rings is 1. The van der Waals surface area contributed by atoms with Crippen LogP contribution < -0.4 is 0 Å². The second-order valence-corrected chi connectivity index (χ2v) is 3.60. The van der Waals surface area contributed by atoms with Crippen molar-refractivity contribution in [2.24, 2.45) is 0 Å². The van der Waals surface area contributed by atoms with Gasteiger partial charge in [-0.25, -0.2) is 4.98 Å². The summed E-state index contributed by atoms with van der Waals surface area (Å²) in [4.78, 5) is 8.13. The van der Waals surface area contributed by atoms with Gasteiger partial charge in [0.05, 0.1) is 11.8 Å². The monoisotopic (exact) mass is 247 g/mol. The van der Waals surface area contributed by atoms with E-state index in [0.29, 0.717) is 28.2 Å². The third-order valence-electron chi connectivity index (χ3n) is 2.16. The summed E-state index contributed by atoms with van der Waals surface area (Å²) in [5.41, 5.74) is 0.597. The van der Waals surface area contributed by atoms with Crippen LogP contribution in [0.15, 0.2) is 45.7 Å². The number of aromatic nitrogens is 3. The second-order valence-electron chi connectivity index (χ2n) is 3.24. The fourth-order valence-corrected chi connectivity index (χ4v) is 1.58. The van der Waals surface area contributed by atoms with Gasteiger partial charge in [-0.05, 0) is 24.3 Å². The first-order chi connectivity index (χ1) is 8.34. The maximum absolute atomic E-state index is 5.93. The largest absolute Gasteiger partial charge is 0.461 e.